The number of benzene rings is 3. The molecular formula is C28H26ClFN6O2. The Morgan fingerprint density at radius 3 is 2.74 bits per heavy atom. The highest BCUT2D eigenvalue weighted by atomic mass is 35.5. The first-order chi connectivity index (χ1) is 18.5. The number of hydrogen-bond acceptors (Lipinski definition) is 7. The number of aliphatic hydroxyl groups is 1. The SMILES string of the molecule is CNC(=O)c1ccc(Nc2ncc3c(n2)-c2ccc(Cl)cc2N(c2c(F)cccc2NCCO)CC3)cc1. The van der Waals surface area contributed by atoms with E-state index in [9.17, 15) is 9.90 Å². The van der Waals surface area contributed by atoms with Gasteiger partial charge in [-0.25, -0.2) is 14.4 Å². The molecule has 4 aromatic rings. The minimum absolute atomic E-state index is 0.0797. The number of hydrogen-bond donors (Lipinski definition) is 4. The summed E-state index contributed by atoms with van der Waals surface area (Å²) in [6.07, 6.45) is 2.34. The lowest BCUT2D eigenvalue weighted by molar-refractivity contribution is 0.0963. The standard InChI is InChI=1S/C28H26ClFN6O2/c1-31-27(38)17-5-8-20(9-6-17)34-28-33-16-18-11-13-36(24-15-19(29)7-10-21(24)25(18)35-28)26-22(30)3-2-4-23(26)32-12-14-37/h2-10,15-16,32,37H,11-14H2,1H3,(H,31,38)(H,33,34,35). The minimum atomic E-state index is -0.390. The van der Waals surface area contributed by atoms with E-state index in [1.54, 1.807) is 61.8 Å². The van der Waals surface area contributed by atoms with E-state index in [4.69, 9.17) is 16.6 Å². The molecule has 0 aliphatic carbocycles. The molecule has 0 unspecified atom stereocenters. The van der Waals surface area contributed by atoms with Crippen LogP contribution in [0.4, 0.5) is 33.1 Å². The van der Waals surface area contributed by atoms with Gasteiger partial charge in [-0.3, -0.25) is 4.79 Å². The van der Waals surface area contributed by atoms with Gasteiger partial charge in [-0.15, -0.1) is 0 Å². The van der Waals surface area contributed by atoms with Gasteiger partial charge in [0.25, 0.3) is 5.91 Å². The molecule has 0 radical (unpaired) electrons. The fourth-order valence-corrected chi connectivity index (χ4v) is 4.66. The Kier molecular flexibility index (Phi) is 7.39. The molecule has 4 N–H and O–H groups in total. The number of para-hydroxylation sites is 1. The fraction of sp³-hybridized carbons (Fsp3) is 0.179. The third-order valence-electron chi connectivity index (χ3n) is 6.29. The molecule has 10 heteroatoms. The molecule has 8 nitrogen and oxygen atoms in total. The molecule has 38 heavy (non-hydrogen) atoms. The van der Waals surface area contributed by atoms with E-state index >= 15 is 4.39 Å². The van der Waals surface area contributed by atoms with Crippen LogP contribution in [0.1, 0.15) is 15.9 Å². The first kappa shape index (κ1) is 25.4. The van der Waals surface area contributed by atoms with Crippen LogP contribution in [0.15, 0.2) is 66.9 Å². The normalized spacial score (nSPS) is 12.3. The number of rotatable bonds is 7. The summed E-state index contributed by atoms with van der Waals surface area (Å²) in [7, 11) is 1.59. The number of halogens is 2. The van der Waals surface area contributed by atoms with E-state index in [-0.39, 0.29) is 19.1 Å². The molecule has 0 saturated carbocycles. The summed E-state index contributed by atoms with van der Waals surface area (Å²) in [4.78, 5) is 23.1. The highest BCUT2D eigenvalue weighted by molar-refractivity contribution is 6.31. The number of aliphatic hydroxyl groups excluding tert-OH is 1. The molecule has 1 aliphatic rings. The molecule has 3 aromatic carbocycles. The second-order valence-electron chi connectivity index (χ2n) is 8.70. The van der Waals surface area contributed by atoms with Gasteiger partial charge in [0.05, 0.1) is 23.7 Å². The summed E-state index contributed by atoms with van der Waals surface area (Å²) in [5.41, 5.74) is 5.37. The van der Waals surface area contributed by atoms with E-state index in [2.05, 4.69) is 20.9 Å². The van der Waals surface area contributed by atoms with Crippen LogP contribution in [0.5, 0.6) is 0 Å². The van der Waals surface area contributed by atoms with Crippen molar-refractivity contribution in [3.05, 3.63) is 88.8 Å². The van der Waals surface area contributed by atoms with Gasteiger partial charge in [0.2, 0.25) is 5.95 Å². The van der Waals surface area contributed by atoms with Crippen LogP contribution in [0.2, 0.25) is 5.02 Å². The predicted molar refractivity (Wildman–Crippen MR) is 148 cm³/mol. The number of fused-ring (bicyclic) bond motifs is 3. The molecule has 1 amide bonds. The smallest absolute Gasteiger partial charge is 0.251 e. The maximum absolute atomic E-state index is 15.3. The number of carbonyl (C=O) groups is 1. The highest BCUT2D eigenvalue weighted by Gasteiger charge is 2.26. The molecule has 0 spiro atoms. The van der Waals surface area contributed by atoms with Gasteiger partial charge >= 0.3 is 0 Å². The van der Waals surface area contributed by atoms with Crippen molar-refractivity contribution in [1.29, 1.82) is 0 Å². The summed E-state index contributed by atoms with van der Waals surface area (Å²) in [6, 6.07) is 17.3. The zero-order valence-corrected chi connectivity index (χ0v) is 21.4. The largest absolute Gasteiger partial charge is 0.395 e. The van der Waals surface area contributed by atoms with E-state index in [0.717, 1.165) is 22.5 Å². The number of nitrogens with zero attached hydrogens (tertiary/aromatic N) is 3. The summed E-state index contributed by atoms with van der Waals surface area (Å²) >= 11 is 6.41. The topological polar surface area (TPSA) is 102 Å². The monoisotopic (exact) mass is 532 g/mol. The lowest BCUT2D eigenvalue weighted by Gasteiger charge is -2.28. The van der Waals surface area contributed by atoms with Crippen molar-refractivity contribution in [3.63, 3.8) is 0 Å². The number of carbonyl (C=O) groups excluding carboxylic acids is 1. The van der Waals surface area contributed by atoms with Crippen molar-refractivity contribution >= 4 is 46.2 Å². The summed E-state index contributed by atoms with van der Waals surface area (Å²) < 4.78 is 15.3. The van der Waals surface area contributed by atoms with Gasteiger partial charge in [0, 0.05) is 48.2 Å². The van der Waals surface area contributed by atoms with Gasteiger partial charge < -0.3 is 26.0 Å². The third-order valence-corrected chi connectivity index (χ3v) is 6.52. The minimum Gasteiger partial charge on any atom is -0.395 e. The number of aromatic nitrogens is 2. The van der Waals surface area contributed by atoms with Crippen molar-refractivity contribution in [2.45, 2.75) is 6.42 Å². The van der Waals surface area contributed by atoms with Gasteiger partial charge in [-0.2, -0.15) is 0 Å². The molecular weight excluding hydrogens is 507 g/mol. The maximum atomic E-state index is 15.3. The maximum Gasteiger partial charge on any atom is 0.251 e. The van der Waals surface area contributed by atoms with Gasteiger partial charge in [0.1, 0.15) is 11.5 Å². The first-order valence-corrected chi connectivity index (χ1v) is 12.5. The second kappa shape index (κ2) is 11.0. The average molecular weight is 533 g/mol. The molecule has 1 aliphatic heterocycles. The van der Waals surface area contributed by atoms with Crippen LogP contribution in [-0.2, 0) is 6.42 Å². The predicted octanol–water partition coefficient (Wildman–Crippen LogP) is 5.14. The molecule has 5 rings (SSSR count). The molecule has 0 fully saturated rings. The van der Waals surface area contributed by atoms with Crippen LogP contribution in [-0.4, -0.2) is 47.7 Å². The highest BCUT2D eigenvalue weighted by Crippen LogP contribution is 2.43. The lowest BCUT2D eigenvalue weighted by Crippen LogP contribution is -2.22. The van der Waals surface area contributed by atoms with E-state index in [0.29, 0.717) is 46.6 Å². The zero-order valence-electron chi connectivity index (χ0n) is 20.6. The summed E-state index contributed by atoms with van der Waals surface area (Å²) in [5, 5.41) is 18.7. The Balaban J connectivity index is 1.54. The molecule has 0 atom stereocenters. The van der Waals surface area contributed by atoms with Crippen LogP contribution in [0.25, 0.3) is 11.3 Å². The van der Waals surface area contributed by atoms with Gasteiger partial charge in [0.15, 0.2) is 0 Å². The zero-order chi connectivity index (χ0) is 26.6. The number of nitrogens with one attached hydrogen (secondary N) is 3. The van der Waals surface area contributed by atoms with Crippen LogP contribution in [0, 0.1) is 5.82 Å². The molecule has 194 valence electrons. The van der Waals surface area contributed by atoms with Crippen molar-refractivity contribution in [1.82, 2.24) is 15.3 Å². The van der Waals surface area contributed by atoms with E-state index < -0.39 is 5.82 Å². The van der Waals surface area contributed by atoms with E-state index in [1.165, 1.54) is 6.07 Å². The number of amides is 1. The van der Waals surface area contributed by atoms with Gasteiger partial charge in [-0.1, -0.05) is 17.7 Å². The Bertz CT molecular complexity index is 1480. The Labute approximate surface area is 224 Å². The quantitative estimate of drug-likeness (QED) is 0.261. The molecule has 0 saturated heterocycles. The molecule has 0 bridgehead atoms. The van der Waals surface area contributed by atoms with Crippen molar-refractivity contribution in [2.75, 3.05) is 42.3 Å². The third kappa shape index (κ3) is 5.11. The van der Waals surface area contributed by atoms with Gasteiger partial charge in [-0.05, 0) is 66.6 Å². The second-order valence-corrected chi connectivity index (χ2v) is 9.13. The van der Waals surface area contributed by atoms with Crippen LogP contribution < -0.4 is 20.9 Å². The fourth-order valence-electron chi connectivity index (χ4n) is 4.50. The molecule has 2 heterocycles. The average Bonchev–Trinajstić information content (AvgIpc) is 3.08. The van der Waals surface area contributed by atoms with Crippen molar-refractivity contribution in [2.24, 2.45) is 0 Å². The van der Waals surface area contributed by atoms with Crippen molar-refractivity contribution in [3.8, 4) is 11.3 Å². The summed E-state index contributed by atoms with van der Waals surface area (Å²) in [6.45, 7) is 0.674. The van der Waals surface area contributed by atoms with Crippen LogP contribution >= 0.6 is 11.6 Å². The Morgan fingerprint density at radius 1 is 1.16 bits per heavy atom. The molecule has 1 aromatic heterocycles. The van der Waals surface area contributed by atoms with E-state index in [1.807, 2.05) is 11.0 Å². The summed E-state index contributed by atoms with van der Waals surface area (Å²) in [5.74, 6) is -0.164. The van der Waals surface area contributed by atoms with Crippen molar-refractivity contribution < 1.29 is 14.3 Å². The Hall–Kier alpha value is -4.21. The number of anilines is 5. The van der Waals surface area contributed by atoms with Crippen LogP contribution in [0.3, 0.4) is 0 Å². The Morgan fingerprint density at radius 2 is 1.97 bits per heavy atom. The lowest BCUT2D eigenvalue weighted by atomic mass is 10.0. The first-order valence-electron chi connectivity index (χ1n) is 12.1.